The van der Waals surface area contributed by atoms with Gasteiger partial charge in [0.1, 0.15) is 6.10 Å². The average molecular weight is 483 g/mol. The largest absolute Gasteiger partial charge is 0.462 e. The third-order valence-corrected chi connectivity index (χ3v) is 12.9. The molecule has 11 atom stereocenters. The van der Waals surface area contributed by atoms with Crippen molar-refractivity contribution >= 4 is 5.97 Å². The molecule has 34 heavy (non-hydrogen) atoms. The normalized spacial score (nSPS) is 55.2. The number of rotatable bonds is 1. The maximum absolute atomic E-state index is 13.5. The van der Waals surface area contributed by atoms with Gasteiger partial charge in [-0.25, -0.2) is 0 Å². The molecule has 1 aliphatic heterocycles. The van der Waals surface area contributed by atoms with E-state index in [2.05, 4.69) is 27.7 Å². The number of fused-ring (bicyclic) bond motifs is 4. The van der Waals surface area contributed by atoms with Crippen molar-refractivity contribution in [2.75, 3.05) is 0 Å². The highest BCUT2D eigenvalue weighted by Gasteiger charge is 2.84. The van der Waals surface area contributed by atoms with Crippen molar-refractivity contribution in [3.8, 4) is 0 Å². The van der Waals surface area contributed by atoms with Gasteiger partial charge < -0.3 is 9.47 Å². The van der Waals surface area contributed by atoms with Crippen molar-refractivity contribution < 1.29 is 27.4 Å². The summed E-state index contributed by atoms with van der Waals surface area (Å²) in [6, 6.07) is 0. The summed E-state index contributed by atoms with van der Waals surface area (Å²) >= 11 is 0. The fourth-order valence-corrected chi connectivity index (χ4v) is 11.6. The lowest BCUT2D eigenvalue weighted by Crippen LogP contribution is -2.55. The summed E-state index contributed by atoms with van der Waals surface area (Å²) in [5.41, 5.74) is 0.689. The van der Waals surface area contributed by atoms with Crippen LogP contribution in [-0.4, -0.2) is 30.5 Å². The topological polar surface area (TPSA) is 35.5 Å². The van der Waals surface area contributed by atoms with Crippen LogP contribution < -0.4 is 0 Å². The Morgan fingerprint density at radius 3 is 2.29 bits per heavy atom. The Labute approximate surface area is 201 Å². The van der Waals surface area contributed by atoms with Gasteiger partial charge in [0.15, 0.2) is 6.10 Å². The molecule has 0 radical (unpaired) electrons. The van der Waals surface area contributed by atoms with E-state index in [9.17, 15) is 18.0 Å². The standard InChI is InChI=1S/C28H41F3O3/c1-15-26-13-12-25(5)18-7-9-23(28(29,30)31)34-20(18)14-19(25)17(26)6-8-21-24(3,4)22(33-16(2)32)10-11-27(15,21)26/h15,17-23H,6-14H2,1-5H3/t15-,17-,18?,19?,20?,21?,22-,23?,25+,26-,27?/m0/s1. The Hall–Kier alpha value is -0.780. The Morgan fingerprint density at radius 1 is 0.912 bits per heavy atom. The number of hydrogen-bond donors (Lipinski definition) is 0. The molecule has 5 saturated carbocycles. The molecule has 0 bridgehead atoms. The van der Waals surface area contributed by atoms with Crippen molar-refractivity contribution in [2.24, 2.45) is 51.2 Å². The number of carbonyl (C=O) groups is 1. The van der Waals surface area contributed by atoms with E-state index in [0.717, 1.165) is 38.5 Å². The molecule has 5 aliphatic carbocycles. The fourth-order valence-electron chi connectivity index (χ4n) is 11.6. The van der Waals surface area contributed by atoms with Gasteiger partial charge in [-0.3, -0.25) is 4.79 Å². The van der Waals surface area contributed by atoms with E-state index in [-0.39, 0.29) is 41.3 Å². The first-order valence-electron chi connectivity index (χ1n) is 13.7. The van der Waals surface area contributed by atoms with Gasteiger partial charge in [-0.15, -0.1) is 0 Å². The van der Waals surface area contributed by atoms with Crippen LogP contribution in [0.1, 0.15) is 92.4 Å². The van der Waals surface area contributed by atoms with E-state index in [1.54, 1.807) is 0 Å². The molecule has 6 unspecified atom stereocenters. The van der Waals surface area contributed by atoms with Crippen molar-refractivity contribution in [3.63, 3.8) is 0 Å². The predicted molar refractivity (Wildman–Crippen MR) is 122 cm³/mol. The molecule has 0 aromatic rings. The molecule has 6 aliphatic rings. The molecule has 6 fully saturated rings. The van der Waals surface area contributed by atoms with Gasteiger partial charge in [-0.2, -0.15) is 13.2 Å². The average Bonchev–Trinajstić information content (AvgIpc) is 3.12. The zero-order chi connectivity index (χ0) is 24.5. The molecule has 6 heteroatoms. The van der Waals surface area contributed by atoms with E-state index < -0.39 is 12.3 Å². The highest BCUT2D eigenvalue weighted by Crippen LogP contribution is 2.89. The Kier molecular flexibility index (Phi) is 4.83. The minimum Gasteiger partial charge on any atom is -0.462 e. The molecule has 192 valence electrons. The second-order valence-electron chi connectivity index (χ2n) is 13.7. The lowest BCUT2D eigenvalue weighted by molar-refractivity contribution is -0.254. The number of halogens is 3. The number of alkyl halides is 3. The number of carbonyl (C=O) groups excluding carboxylic acids is 1. The van der Waals surface area contributed by atoms with Crippen LogP contribution in [0.2, 0.25) is 0 Å². The van der Waals surface area contributed by atoms with Gasteiger partial charge in [-0.1, -0.05) is 27.7 Å². The fraction of sp³-hybridized carbons (Fsp3) is 0.964. The van der Waals surface area contributed by atoms with Crippen LogP contribution in [0.5, 0.6) is 0 Å². The zero-order valence-corrected chi connectivity index (χ0v) is 21.3. The van der Waals surface area contributed by atoms with Crippen LogP contribution in [0.15, 0.2) is 0 Å². The molecule has 1 saturated heterocycles. The second kappa shape index (κ2) is 6.95. The Morgan fingerprint density at radius 2 is 1.62 bits per heavy atom. The summed E-state index contributed by atoms with van der Waals surface area (Å²) in [5, 5.41) is 0. The van der Waals surface area contributed by atoms with Crippen molar-refractivity contribution in [2.45, 2.75) is 117 Å². The van der Waals surface area contributed by atoms with E-state index >= 15 is 0 Å². The first kappa shape index (κ1) is 23.6. The second-order valence-corrected chi connectivity index (χ2v) is 13.7. The Balaban J connectivity index is 1.30. The van der Waals surface area contributed by atoms with E-state index in [4.69, 9.17) is 9.47 Å². The number of esters is 1. The third-order valence-electron chi connectivity index (χ3n) is 12.9. The first-order chi connectivity index (χ1) is 15.8. The lowest BCUT2D eigenvalue weighted by Gasteiger charge is -2.59. The van der Waals surface area contributed by atoms with Crippen molar-refractivity contribution in [1.29, 1.82) is 0 Å². The molecule has 3 nitrogen and oxygen atoms in total. The van der Waals surface area contributed by atoms with E-state index in [1.807, 2.05) is 0 Å². The SMILES string of the molecule is CC(=O)O[C@H]1CCC23C(CC[C@H]4C5CC6OC(C(F)(F)F)CCC6[C@@]5(C)CC[C@]42[C@@H]3C)C1(C)C. The minimum atomic E-state index is -4.25. The molecule has 2 spiro atoms. The molecule has 0 amide bonds. The summed E-state index contributed by atoms with van der Waals surface area (Å²) in [5.74, 6) is 2.35. The summed E-state index contributed by atoms with van der Waals surface area (Å²) in [6.07, 6.45) is 2.22. The summed E-state index contributed by atoms with van der Waals surface area (Å²) in [4.78, 5) is 11.8. The quantitative estimate of drug-likeness (QED) is 0.380. The number of hydrogen-bond acceptors (Lipinski definition) is 3. The first-order valence-corrected chi connectivity index (χ1v) is 13.7. The monoisotopic (exact) mass is 482 g/mol. The molecule has 6 rings (SSSR count). The summed E-state index contributed by atoms with van der Waals surface area (Å²) in [7, 11) is 0. The van der Waals surface area contributed by atoms with Crippen LogP contribution in [0.4, 0.5) is 13.2 Å². The van der Waals surface area contributed by atoms with Crippen molar-refractivity contribution in [3.05, 3.63) is 0 Å². The van der Waals surface area contributed by atoms with E-state index in [0.29, 0.717) is 40.9 Å². The van der Waals surface area contributed by atoms with Gasteiger partial charge in [0.2, 0.25) is 0 Å². The summed E-state index contributed by atoms with van der Waals surface area (Å²) in [6.45, 7) is 11.0. The van der Waals surface area contributed by atoms with Crippen LogP contribution in [-0.2, 0) is 14.3 Å². The van der Waals surface area contributed by atoms with Gasteiger partial charge in [-0.05, 0) is 104 Å². The molecule has 0 N–H and O–H groups in total. The Bertz CT molecular complexity index is 885. The van der Waals surface area contributed by atoms with Crippen molar-refractivity contribution in [1.82, 2.24) is 0 Å². The summed E-state index contributed by atoms with van der Waals surface area (Å²) < 4.78 is 52.0. The molecular formula is C28H41F3O3. The van der Waals surface area contributed by atoms with Gasteiger partial charge in [0, 0.05) is 12.3 Å². The van der Waals surface area contributed by atoms with Crippen LogP contribution in [0.3, 0.4) is 0 Å². The minimum absolute atomic E-state index is 0.0158. The third kappa shape index (κ3) is 2.68. The maximum atomic E-state index is 13.5. The predicted octanol–water partition coefficient (Wildman–Crippen LogP) is 6.93. The maximum Gasteiger partial charge on any atom is 0.414 e. The number of ether oxygens (including phenoxy) is 2. The molecule has 0 aromatic heterocycles. The molecule has 1 heterocycles. The van der Waals surface area contributed by atoms with Crippen LogP contribution >= 0.6 is 0 Å². The highest BCUT2D eigenvalue weighted by molar-refractivity contribution is 5.66. The highest BCUT2D eigenvalue weighted by atomic mass is 19.4. The van der Waals surface area contributed by atoms with E-state index in [1.165, 1.54) is 13.3 Å². The van der Waals surface area contributed by atoms with Gasteiger partial charge in [0.05, 0.1) is 6.10 Å². The van der Waals surface area contributed by atoms with Gasteiger partial charge >= 0.3 is 12.1 Å². The van der Waals surface area contributed by atoms with Crippen LogP contribution in [0, 0.1) is 51.2 Å². The smallest absolute Gasteiger partial charge is 0.414 e. The molecular weight excluding hydrogens is 441 g/mol. The van der Waals surface area contributed by atoms with Gasteiger partial charge in [0.25, 0.3) is 0 Å². The van der Waals surface area contributed by atoms with Crippen LogP contribution in [0.25, 0.3) is 0 Å². The zero-order valence-electron chi connectivity index (χ0n) is 21.3. The lowest BCUT2D eigenvalue weighted by atomic mass is 9.46. The molecule has 0 aromatic carbocycles.